The van der Waals surface area contributed by atoms with E-state index in [-0.39, 0.29) is 6.54 Å². The van der Waals surface area contributed by atoms with Crippen molar-refractivity contribution in [3.8, 4) is 11.5 Å². The zero-order valence-corrected chi connectivity index (χ0v) is 10.1. The first-order chi connectivity index (χ1) is 8.51. The average molecular weight is 263 g/mol. The van der Waals surface area contributed by atoms with Crippen LogP contribution < -0.4 is 14.8 Å². The van der Waals surface area contributed by atoms with E-state index in [2.05, 4.69) is 5.32 Å². The average Bonchev–Trinajstić information content (AvgIpc) is 2.33. The Morgan fingerprint density at radius 2 is 1.67 bits per heavy atom. The van der Waals surface area contributed by atoms with Crippen molar-refractivity contribution in [2.24, 2.45) is 0 Å². The molecule has 0 fully saturated rings. The molecule has 0 aliphatic heterocycles. The highest BCUT2D eigenvalue weighted by Gasteiger charge is 2.25. The van der Waals surface area contributed by atoms with Crippen molar-refractivity contribution < 1.29 is 22.6 Å². The molecule has 1 rings (SSSR count). The van der Waals surface area contributed by atoms with Gasteiger partial charge in [0.15, 0.2) is 0 Å². The molecule has 0 bridgehead atoms. The molecule has 1 N–H and O–H groups in total. The lowest BCUT2D eigenvalue weighted by Crippen LogP contribution is -2.25. The summed E-state index contributed by atoms with van der Waals surface area (Å²) in [6.07, 6.45) is -4.93. The molecular weight excluding hydrogens is 247 g/mol. The second-order valence-electron chi connectivity index (χ2n) is 3.64. The topological polar surface area (TPSA) is 30.5 Å². The van der Waals surface area contributed by atoms with Gasteiger partial charge in [0.1, 0.15) is 18.1 Å². The van der Waals surface area contributed by atoms with Crippen molar-refractivity contribution in [3.63, 3.8) is 0 Å². The predicted octanol–water partition coefficient (Wildman–Crippen LogP) is 2.62. The SMILES string of the molecule is COc1ccc(OCCNCCC(F)(F)F)cc1. The second-order valence-corrected chi connectivity index (χ2v) is 3.64. The molecule has 0 saturated heterocycles. The molecule has 0 aliphatic carbocycles. The highest BCUT2D eigenvalue weighted by Crippen LogP contribution is 2.18. The highest BCUT2D eigenvalue weighted by molar-refractivity contribution is 5.31. The molecule has 0 aliphatic rings. The summed E-state index contributed by atoms with van der Waals surface area (Å²) in [6, 6.07) is 7.00. The van der Waals surface area contributed by atoms with Crippen LogP contribution in [0.5, 0.6) is 11.5 Å². The number of ether oxygens (including phenoxy) is 2. The van der Waals surface area contributed by atoms with Crippen LogP contribution in [0.1, 0.15) is 6.42 Å². The van der Waals surface area contributed by atoms with Gasteiger partial charge < -0.3 is 14.8 Å². The maximum absolute atomic E-state index is 11.8. The Kier molecular flexibility index (Phi) is 5.77. The Hall–Kier alpha value is -1.43. The fourth-order valence-corrected chi connectivity index (χ4v) is 1.27. The molecule has 0 radical (unpaired) electrons. The number of halogens is 3. The molecule has 0 saturated carbocycles. The summed E-state index contributed by atoms with van der Waals surface area (Å²) < 4.78 is 45.8. The van der Waals surface area contributed by atoms with E-state index in [1.807, 2.05) is 0 Å². The van der Waals surface area contributed by atoms with E-state index in [4.69, 9.17) is 9.47 Å². The summed E-state index contributed by atoms with van der Waals surface area (Å²) in [5, 5.41) is 2.67. The summed E-state index contributed by atoms with van der Waals surface area (Å²) in [7, 11) is 1.57. The molecule has 1 aromatic carbocycles. The van der Waals surface area contributed by atoms with Gasteiger partial charge in [0.2, 0.25) is 0 Å². The number of hydrogen-bond donors (Lipinski definition) is 1. The van der Waals surface area contributed by atoms with Gasteiger partial charge in [0.25, 0.3) is 0 Å². The van der Waals surface area contributed by atoms with Crippen molar-refractivity contribution in [3.05, 3.63) is 24.3 Å². The van der Waals surface area contributed by atoms with Gasteiger partial charge in [0, 0.05) is 13.1 Å². The lowest BCUT2D eigenvalue weighted by molar-refractivity contribution is -0.133. The third-order valence-electron chi connectivity index (χ3n) is 2.19. The Morgan fingerprint density at radius 3 is 2.22 bits per heavy atom. The van der Waals surface area contributed by atoms with Crippen LogP contribution in [-0.4, -0.2) is 33.0 Å². The number of benzene rings is 1. The Bertz CT molecular complexity index is 338. The minimum atomic E-state index is -4.11. The van der Waals surface area contributed by atoms with Gasteiger partial charge in [-0.3, -0.25) is 0 Å². The molecule has 0 amide bonds. The second kappa shape index (κ2) is 7.10. The molecule has 0 heterocycles. The van der Waals surface area contributed by atoms with Crippen LogP contribution in [0, 0.1) is 0 Å². The summed E-state index contributed by atoms with van der Waals surface area (Å²) in [5.41, 5.74) is 0. The Balaban J connectivity index is 2.10. The standard InChI is InChI=1S/C12H16F3NO2/c1-17-10-2-4-11(5-3-10)18-9-8-16-7-6-12(13,14)15/h2-5,16H,6-9H2,1H3. The third kappa shape index (κ3) is 6.34. The van der Waals surface area contributed by atoms with Crippen molar-refractivity contribution in [2.75, 3.05) is 26.8 Å². The first kappa shape index (κ1) is 14.6. The van der Waals surface area contributed by atoms with Gasteiger partial charge >= 0.3 is 6.18 Å². The zero-order valence-electron chi connectivity index (χ0n) is 10.1. The number of methoxy groups -OCH3 is 1. The molecule has 1 aromatic rings. The molecular formula is C12H16F3NO2. The van der Waals surface area contributed by atoms with Crippen LogP contribution in [0.4, 0.5) is 13.2 Å². The fraction of sp³-hybridized carbons (Fsp3) is 0.500. The van der Waals surface area contributed by atoms with Gasteiger partial charge in [-0.25, -0.2) is 0 Å². The van der Waals surface area contributed by atoms with Crippen LogP contribution in [0.15, 0.2) is 24.3 Å². The monoisotopic (exact) mass is 263 g/mol. The number of alkyl halides is 3. The molecule has 0 atom stereocenters. The van der Waals surface area contributed by atoms with Crippen molar-refractivity contribution >= 4 is 0 Å². The number of rotatable bonds is 7. The number of hydrogen-bond acceptors (Lipinski definition) is 3. The first-order valence-electron chi connectivity index (χ1n) is 5.55. The summed E-state index contributed by atoms with van der Waals surface area (Å²) in [6.45, 7) is 0.613. The van der Waals surface area contributed by atoms with Crippen LogP contribution in [0.25, 0.3) is 0 Å². The summed E-state index contributed by atoms with van der Waals surface area (Å²) in [4.78, 5) is 0. The maximum atomic E-state index is 11.8. The Morgan fingerprint density at radius 1 is 1.06 bits per heavy atom. The molecule has 18 heavy (non-hydrogen) atoms. The Labute approximate surface area is 104 Å². The first-order valence-corrected chi connectivity index (χ1v) is 5.55. The van der Waals surface area contributed by atoms with Crippen molar-refractivity contribution in [1.29, 1.82) is 0 Å². The normalized spacial score (nSPS) is 11.3. The van der Waals surface area contributed by atoms with Gasteiger partial charge in [-0.2, -0.15) is 13.2 Å². The van der Waals surface area contributed by atoms with Gasteiger partial charge in [0.05, 0.1) is 13.5 Å². The van der Waals surface area contributed by atoms with E-state index in [0.29, 0.717) is 18.9 Å². The quantitative estimate of drug-likeness (QED) is 0.767. The lowest BCUT2D eigenvalue weighted by Gasteiger charge is -2.09. The van der Waals surface area contributed by atoms with Crippen LogP contribution >= 0.6 is 0 Å². The third-order valence-corrected chi connectivity index (χ3v) is 2.19. The molecule has 6 heteroatoms. The summed E-state index contributed by atoms with van der Waals surface area (Å²) >= 11 is 0. The number of nitrogens with one attached hydrogen (secondary N) is 1. The van der Waals surface area contributed by atoms with E-state index in [0.717, 1.165) is 5.75 Å². The molecule has 102 valence electrons. The predicted molar refractivity (Wildman–Crippen MR) is 62.0 cm³/mol. The molecule has 3 nitrogen and oxygen atoms in total. The van der Waals surface area contributed by atoms with E-state index >= 15 is 0 Å². The van der Waals surface area contributed by atoms with Crippen molar-refractivity contribution in [2.45, 2.75) is 12.6 Å². The molecule has 0 aromatic heterocycles. The maximum Gasteiger partial charge on any atom is 0.390 e. The van der Waals surface area contributed by atoms with Gasteiger partial charge in [-0.05, 0) is 24.3 Å². The fourth-order valence-electron chi connectivity index (χ4n) is 1.27. The minimum Gasteiger partial charge on any atom is -0.497 e. The van der Waals surface area contributed by atoms with E-state index < -0.39 is 12.6 Å². The van der Waals surface area contributed by atoms with E-state index in [1.165, 1.54) is 0 Å². The van der Waals surface area contributed by atoms with Crippen LogP contribution in [0.2, 0.25) is 0 Å². The smallest absolute Gasteiger partial charge is 0.390 e. The highest BCUT2D eigenvalue weighted by atomic mass is 19.4. The summed E-state index contributed by atoms with van der Waals surface area (Å²) in [5.74, 6) is 1.39. The lowest BCUT2D eigenvalue weighted by atomic mass is 10.3. The van der Waals surface area contributed by atoms with E-state index in [9.17, 15) is 13.2 Å². The van der Waals surface area contributed by atoms with Crippen molar-refractivity contribution in [1.82, 2.24) is 5.32 Å². The van der Waals surface area contributed by atoms with Crippen LogP contribution in [0.3, 0.4) is 0 Å². The minimum absolute atomic E-state index is 0.0878. The largest absolute Gasteiger partial charge is 0.497 e. The van der Waals surface area contributed by atoms with Crippen LogP contribution in [-0.2, 0) is 0 Å². The van der Waals surface area contributed by atoms with E-state index in [1.54, 1.807) is 31.4 Å². The van der Waals surface area contributed by atoms with Gasteiger partial charge in [-0.1, -0.05) is 0 Å². The molecule has 0 spiro atoms. The van der Waals surface area contributed by atoms with Gasteiger partial charge in [-0.15, -0.1) is 0 Å². The molecule has 0 unspecified atom stereocenters. The zero-order chi connectivity index (χ0) is 13.4.